The second kappa shape index (κ2) is 8.33. The number of nitrogens with zero attached hydrogens (tertiary/aromatic N) is 1. The van der Waals surface area contributed by atoms with Crippen molar-refractivity contribution in [3.63, 3.8) is 0 Å². The fraction of sp³-hybridized carbons (Fsp3) is 0.125. The van der Waals surface area contributed by atoms with E-state index < -0.39 is 17.8 Å². The Morgan fingerprint density at radius 3 is 2.62 bits per heavy atom. The number of ether oxygens (including phenoxy) is 1. The minimum atomic E-state index is -0.843. The third kappa shape index (κ3) is 5.09. The van der Waals surface area contributed by atoms with Crippen LogP contribution in [0.2, 0.25) is 15.1 Å². The van der Waals surface area contributed by atoms with E-state index in [2.05, 4.69) is 10.5 Å². The molecular formula is C16H12Cl3FN2O2. The van der Waals surface area contributed by atoms with Crippen LogP contribution in [0, 0.1) is 5.82 Å². The van der Waals surface area contributed by atoms with Crippen molar-refractivity contribution in [1.29, 1.82) is 0 Å². The van der Waals surface area contributed by atoms with Crippen LogP contribution in [0.1, 0.15) is 12.5 Å². The van der Waals surface area contributed by atoms with Crippen molar-refractivity contribution in [3.8, 4) is 5.75 Å². The Bertz CT molecular complexity index is 784. The summed E-state index contributed by atoms with van der Waals surface area (Å²) >= 11 is 17.6. The molecule has 0 spiro atoms. The van der Waals surface area contributed by atoms with Crippen molar-refractivity contribution in [2.75, 3.05) is 0 Å². The van der Waals surface area contributed by atoms with Gasteiger partial charge >= 0.3 is 0 Å². The number of carbonyl (C=O) groups is 1. The van der Waals surface area contributed by atoms with E-state index in [0.717, 1.165) is 6.07 Å². The molecular weight excluding hydrogens is 378 g/mol. The van der Waals surface area contributed by atoms with Gasteiger partial charge in [-0.3, -0.25) is 4.79 Å². The van der Waals surface area contributed by atoms with Crippen LogP contribution in [0.25, 0.3) is 0 Å². The zero-order valence-electron chi connectivity index (χ0n) is 12.4. The highest BCUT2D eigenvalue weighted by Crippen LogP contribution is 2.28. The number of hydrogen-bond donors (Lipinski definition) is 1. The molecule has 0 saturated carbocycles. The largest absolute Gasteiger partial charge is 0.479 e. The molecule has 0 radical (unpaired) electrons. The van der Waals surface area contributed by atoms with Gasteiger partial charge in [-0.05, 0) is 43.3 Å². The first kappa shape index (κ1) is 18.5. The number of rotatable bonds is 5. The Hall–Kier alpha value is -1.82. The summed E-state index contributed by atoms with van der Waals surface area (Å²) < 4.78 is 18.4. The second-order valence-electron chi connectivity index (χ2n) is 4.73. The SMILES string of the molecule is CC(Oc1ccc(Cl)cc1Cl)C(=O)N/N=C/c1ccc(F)cc1Cl. The lowest BCUT2D eigenvalue weighted by molar-refractivity contribution is -0.127. The summed E-state index contributed by atoms with van der Waals surface area (Å²) in [5, 5.41) is 4.71. The van der Waals surface area contributed by atoms with Crippen LogP contribution in [-0.4, -0.2) is 18.2 Å². The number of carbonyl (C=O) groups excluding carboxylic acids is 1. The molecule has 126 valence electrons. The molecule has 0 aliphatic rings. The number of hydrazone groups is 1. The number of benzene rings is 2. The van der Waals surface area contributed by atoms with E-state index in [9.17, 15) is 9.18 Å². The van der Waals surface area contributed by atoms with Gasteiger partial charge in [-0.15, -0.1) is 0 Å². The maximum Gasteiger partial charge on any atom is 0.280 e. The van der Waals surface area contributed by atoms with Gasteiger partial charge in [0, 0.05) is 10.6 Å². The van der Waals surface area contributed by atoms with Gasteiger partial charge < -0.3 is 4.74 Å². The standard InChI is InChI=1S/C16H12Cl3FN2O2/c1-9(24-15-5-3-11(17)6-14(15)19)16(23)22-21-8-10-2-4-12(20)7-13(10)18/h2-9H,1H3,(H,22,23)/b21-8+. The van der Waals surface area contributed by atoms with Gasteiger partial charge in [0.15, 0.2) is 6.10 Å². The van der Waals surface area contributed by atoms with Crippen LogP contribution < -0.4 is 10.2 Å². The molecule has 0 saturated heterocycles. The van der Waals surface area contributed by atoms with Crippen molar-refractivity contribution in [2.24, 2.45) is 5.10 Å². The molecule has 4 nitrogen and oxygen atoms in total. The van der Waals surface area contributed by atoms with Crippen LogP contribution in [0.4, 0.5) is 4.39 Å². The normalized spacial score (nSPS) is 12.2. The van der Waals surface area contributed by atoms with Crippen LogP contribution >= 0.6 is 34.8 Å². The summed E-state index contributed by atoms with van der Waals surface area (Å²) in [6.45, 7) is 1.54. The van der Waals surface area contributed by atoms with Crippen molar-refractivity contribution >= 4 is 46.9 Å². The van der Waals surface area contributed by atoms with Crippen molar-refractivity contribution in [2.45, 2.75) is 13.0 Å². The van der Waals surface area contributed by atoms with Crippen molar-refractivity contribution in [3.05, 3.63) is 62.8 Å². The summed E-state index contributed by atoms with van der Waals surface area (Å²) in [5.74, 6) is -0.618. The summed E-state index contributed by atoms with van der Waals surface area (Å²) in [7, 11) is 0. The quantitative estimate of drug-likeness (QED) is 0.595. The Morgan fingerprint density at radius 1 is 1.21 bits per heavy atom. The van der Waals surface area contributed by atoms with Gasteiger partial charge in [0.2, 0.25) is 0 Å². The van der Waals surface area contributed by atoms with E-state index >= 15 is 0 Å². The predicted molar refractivity (Wildman–Crippen MR) is 93.7 cm³/mol. The van der Waals surface area contributed by atoms with Crippen LogP contribution in [0.5, 0.6) is 5.75 Å². The van der Waals surface area contributed by atoms with Gasteiger partial charge in [-0.25, -0.2) is 9.82 Å². The molecule has 0 aromatic heterocycles. The molecule has 2 aromatic rings. The lowest BCUT2D eigenvalue weighted by Crippen LogP contribution is -2.33. The smallest absolute Gasteiger partial charge is 0.280 e. The zero-order chi connectivity index (χ0) is 17.7. The van der Waals surface area contributed by atoms with E-state index in [0.29, 0.717) is 21.4 Å². The number of hydrogen-bond acceptors (Lipinski definition) is 3. The predicted octanol–water partition coefficient (Wildman–Crippen LogP) is 4.70. The third-order valence-electron chi connectivity index (χ3n) is 2.91. The molecule has 8 heteroatoms. The zero-order valence-corrected chi connectivity index (χ0v) is 14.7. The molecule has 0 fully saturated rings. The summed E-state index contributed by atoms with van der Waals surface area (Å²) in [5.41, 5.74) is 2.77. The molecule has 0 aliphatic carbocycles. The van der Waals surface area contributed by atoms with Gasteiger partial charge in [0.05, 0.1) is 16.3 Å². The highest BCUT2D eigenvalue weighted by molar-refractivity contribution is 6.35. The van der Waals surface area contributed by atoms with Gasteiger partial charge in [-0.2, -0.15) is 5.10 Å². The summed E-state index contributed by atoms with van der Waals surface area (Å²) in [6, 6.07) is 8.51. The monoisotopic (exact) mass is 388 g/mol. The summed E-state index contributed by atoms with van der Waals surface area (Å²) in [6.07, 6.45) is 0.464. The minimum absolute atomic E-state index is 0.185. The van der Waals surface area contributed by atoms with Crippen molar-refractivity contribution < 1.29 is 13.9 Å². The first-order chi connectivity index (χ1) is 11.4. The van der Waals surface area contributed by atoms with Gasteiger partial charge in [0.25, 0.3) is 5.91 Å². The lowest BCUT2D eigenvalue weighted by atomic mass is 10.2. The van der Waals surface area contributed by atoms with Crippen LogP contribution in [0.15, 0.2) is 41.5 Å². The molecule has 1 unspecified atom stereocenters. The lowest BCUT2D eigenvalue weighted by Gasteiger charge is -2.14. The Balaban J connectivity index is 1.95. The molecule has 1 N–H and O–H groups in total. The van der Waals surface area contributed by atoms with Crippen LogP contribution in [0.3, 0.4) is 0 Å². The third-order valence-corrected chi connectivity index (χ3v) is 3.77. The number of nitrogens with one attached hydrogen (secondary N) is 1. The Labute approximate surface area is 153 Å². The number of amides is 1. The van der Waals surface area contributed by atoms with E-state index in [1.807, 2.05) is 0 Å². The van der Waals surface area contributed by atoms with E-state index in [1.54, 1.807) is 19.1 Å². The van der Waals surface area contributed by atoms with E-state index in [-0.39, 0.29) is 5.02 Å². The Kier molecular flexibility index (Phi) is 6.43. The van der Waals surface area contributed by atoms with E-state index in [4.69, 9.17) is 39.5 Å². The average molecular weight is 390 g/mol. The highest BCUT2D eigenvalue weighted by atomic mass is 35.5. The minimum Gasteiger partial charge on any atom is -0.479 e. The number of halogens is 4. The highest BCUT2D eigenvalue weighted by Gasteiger charge is 2.15. The second-order valence-corrected chi connectivity index (χ2v) is 5.99. The first-order valence-corrected chi connectivity index (χ1v) is 7.90. The molecule has 1 atom stereocenters. The molecule has 1 amide bonds. The molecule has 2 rings (SSSR count). The maximum absolute atomic E-state index is 12.9. The summed E-state index contributed by atoms with van der Waals surface area (Å²) in [4.78, 5) is 11.9. The molecule has 0 aliphatic heterocycles. The topological polar surface area (TPSA) is 50.7 Å². The van der Waals surface area contributed by atoms with Gasteiger partial charge in [-0.1, -0.05) is 34.8 Å². The fourth-order valence-electron chi connectivity index (χ4n) is 1.68. The Morgan fingerprint density at radius 2 is 1.96 bits per heavy atom. The maximum atomic E-state index is 12.9. The van der Waals surface area contributed by atoms with Crippen LogP contribution in [-0.2, 0) is 4.79 Å². The van der Waals surface area contributed by atoms with Gasteiger partial charge in [0.1, 0.15) is 11.6 Å². The first-order valence-electron chi connectivity index (χ1n) is 6.76. The molecule has 2 aromatic carbocycles. The molecule has 0 bridgehead atoms. The van der Waals surface area contributed by atoms with E-state index in [1.165, 1.54) is 24.4 Å². The fourth-order valence-corrected chi connectivity index (χ4v) is 2.35. The average Bonchev–Trinajstić information content (AvgIpc) is 2.52. The molecule has 24 heavy (non-hydrogen) atoms. The van der Waals surface area contributed by atoms with Crippen molar-refractivity contribution in [1.82, 2.24) is 5.43 Å². The molecule has 0 heterocycles.